The van der Waals surface area contributed by atoms with Gasteiger partial charge in [-0.15, -0.1) is 11.3 Å². The second-order valence-corrected chi connectivity index (χ2v) is 5.83. The van der Waals surface area contributed by atoms with Crippen molar-refractivity contribution in [2.24, 2.45) is 0 Å². The van der Waals surface area contributed by atoms with Crippen molar-refractivity contribution in [3.63, 3.8) is 0 Å². The van der Waals surface area contributed by atoms with E-state index in [9.17, 15) is 4.79 Å². The molecule has 94 valence electrons. The summed E-state index contributed by atoms with van der Waals surface area (Å²) in [4.78, 5) is 12.8. The highest BCUT2D eigenvalue weighted by molar-refractivity contribution is 7.10. The zero-order chi connectivity index (χ0) is 13.1. The fraction of sp³-hybridized carbons (Fsp3) is 0.0833. The van der Waals surface area contributed by atoms with Gasteiger partial charge in [0.1, 0.15) is 0 Å². The predicted octanol–water partition coefficient (Wildman–Crippen LogP) is 4.89. The van der Waals surface area contributed by atoms with E-state index in [1.807, 2.05) is 17.5 Å². The van der Waals surface area contributed by atoms with Gasteiger partial charge in [0, 0.05) is 9.90 Å². The molecule has 0 aliphatic carbocycles. The Morgan fingerprint density at radius 2 is 1.89 bits per heavy atom. The molecule has 0 atom stereocenters. The van der Waals surface area contributed by atoms with E-state index in [1.165, 1.54) is 23.5 Å². The van der Waals surface area contributed by atoms with Gasteiger partial charge in [-0.2, -0.15) is 0 Å². The van der Waals surface area contributed by atoms with Gasteiger partial charge >= 0.3 is 0 Å². The van der Waals surface area contributed by atoms with Gasteiger partial charge in [0.05, 0.1) is 22.2 Å². The first-order valence-electron chi connectivity index (χ1n) is 5.03. The Balaban J connectivity index is 2.12. The van der Waals surface area contributed by atoms with E-state index in [0.717, 1.165) is 4.88 Å². The van der Waals surface area contributed by atoms with E-state index >= 15 is 0 Å². The second kappa shape index (κ2) is 5.93. The zero-order valence-electron chi connectivity index (χ0n) is 9.04. The molecule has 1 aromatic heterocycles. The van der Waals surface area contributed by atoms with Gasteiger partial charge < -0.3 is 5.32 Å². The van der Waals surface area contributed by atoms with E-state index in [4.69, 9.17) is 34.8 Å². The smallest absolute Gasteiger partial charge is 0.229 e. The van der Waals surface area contributed by atoms with Crippen molar-refractivity contribution in [1.29, 1.82) is 0 Å². The summed E-state index contributed by atoms with van der Waals surface area (Å²) >= 11 is 19.3. The highest BCUT2D eigenvalue weighted by Gasteiger charge is 2.12. The van der Waals surface area contributed by atoms with E-state index < -0.39 is 0 Å². The SMILES string of the molecule is O=C(Cc1cccs1)Nc1c(Cl)cc(Cl)cc1Cl. The lowest BCUT2D eigenvalue weighted by Gasteiger charge is -2.09. The zero-order valence-corrected chi connectivity index (χ0v) is 12.1. The van der Waals surface area contributed by atoms with Crippen LogP contribution in [0.3, 0.4) is 0 Å². The Morgan fingerprint density at radius 1 is 1.22 bits per heavy atom. The average molecular weight is 321 g/mol. The maximum Gasteiger partial charge on any atom is 0.229 e. The molecule has 0 saturated carbocycles. The first kappa shape index (κ1) is 13.7. The lowest BCUT2D eigenvalue weighted by atomic mass is 10.3. The highest BCUT2D eigenvalue weighted by atomic mass is 35.5. The molecule has 0 fully saturated rings. The number of carbonyl (C=O) groups is 1. The molecule has 0 bridgehead atoms. The van der Waals surface area contributed by atoms with Gasteiger partial charge in [0.15, 0.2) is 0 Å². The van der Waals surface area contributed by atoms with Gasteiger partial charge in [-0.05, 0) is 23.6 Å². The van der Waals surface area contributed by atoms with Crippen molar-refractivity contribution >= 4 is 57.7 Å². The number of amides is 1. The van der Waals surface area contributed by atoms with Crippen LogP contribution >= 0.6 is 46.1 Å². The maximum absolute atomic E-state index is 11.8. The largest absolute Gasteiger partial charge is 0.323 e. The third kappa shape index (κ3) is 3.39. The summed E-state index contributed by atoms with van der Waals surface area (Å²) in [5.41, 5.74) is 0.393. The molecular weight excluding hydrogens is 313 g/mol. The summed E-state index contributed by atoms with van der Waals surface area (Å²) in [6.45, 7) is 0. The summed E-state index contributed by atoms with van der Waals surface area (Å²) in [5.74, 6) is -0.163. The molecule has 1 N–H and O–H groups in total. The monoisotopic (exact) mass is 319 g/mol. The molecule has 0 aliphatic rings. The van der Waals surface area contributed by atoms with Crippen molar-refractivity contribution in [3.8, 4) is 0 Å². The number of halogens is 3. The van der Waals surface area contributed by atoms with Gasteiger partial charge in [-0.3, -0.25) is 4.79 Å². The highest BCUT2D eigenvalue weighted by Crippen LogP contribution is 2.33. The van der Waals surface area contributed by atoms with Crippen LogP contribution in [0.1, 0.15) is 4.88 Å². The summed E-state index contributed by atoms with van der Waals surface area (Å²) in [6.07, 6.45) is 0.299. The number of hydrogen-bond acceptors (Lipinski definition) is 2. The van der Waals surface area contributed by atoms with Crippen LogP contribution in [-0.2, 0) is 11.2 Å². The van der Waals surface area contributed by atoms with Crippen molar-refractivity contribution in [3.05, 3.63) is 49.6 Å². The molecule has 0 spiro atoms. The third-order valence-corrected chi connectivity index (χ3v) is 3.88. The average Bonchev–Trinajstić information content (AvgIpc) is 2.76. The van der Waals surface area contributed by atoms with Crippen LogP contribution in [0.2, 0.25) is 15.1 Å². The number of carbonyl (C=O) groups excluding carboxylic acids is 1. The molecule has 18 heavy (non-hydrogen) atoms. The molecule has 2 rings (SSSR count). The van der Waals surface area contributed by atoms with Crippen LogP contribution in [0.4, 0.5) is 5.69 Å². The molecule has 0 radical (unpaired) electrons. The lowest BCUT2D eigenvalue weighted by molar-refractivity contribution is -0.115. The normalized spacial score (nSPS) is 10.4. The molecule has 2 nitrogen and oxygen atoms in total. The van der Waals surface area contributed by atoms with Crippen molar-refractivity contribution < 1.29 is 4.79 Å². The van der Waals surface area contributed by atoms with E-state index in [0.29, 0.717) is 27.2 Å². The van der Waals surface area contributed by atoms with Crippen molar-refractivity contribution in [2.75, 3.05) is 5.32 Å². The Labute approximate surface area is 123 Å². The topological polar surface area (TPSA) is 29.1 Å². The van der Waals surface area contributed by atoms with E-state index in [1.54, 1.807) is 0 Å². The van der Waals surface area contributed by atoms with Crippen LogP contribution < -0.4 is 5.32 Å². The minimum Gasteiger partial charge on any atom is -0.323 e. The molecule has 2 aromatic rings. The summed E-state index contributed by atoms with van der Waals surface area (Å²) in [7, 11) is 0. The quantitative estimate of drug-likeness (QED) is 0.857. The molecule has 0 saturated heterocycles. The number of rotatable bonds is 3. The lowest BCUT2D eigenvalue weighted by Crippen LogP contribution is -2.14. The van der Waals surface area contributed by atoms with Crippen LogP contribution in [0.15, 0.2) is 29.6 Å². The molecule has 0 aliphatic heterocycles. The first-order valence-corrected chi connectivity index (χ1v) is 7.04. The van der Waals surface area contributed by atoms with Crippen LogP contribution in [-0.4, -0.2) is 5.91 Å². The fourth-order valence-corrected chi connectivity index (χ4v) is 3.03. The number of benzene rings is 1. The number of nitrogens with one attached hydrogen (secondary N) is 1. The number of thiophene rings is 1. The van der Waals surface area contributed by atoms with Crippen molar-refractivity contribution in [2.45, 2.75) is 6.42 Å². The van der Waals surface area contributed by atoms with Gasteiger partial charge in [-0.1, -0.05) is 40.9 Å². The van der Waals surface area contributed by atoms with Gasteiger partial charge in [0.2, 0.25) is 5.91 Å². The fourth-order valence-electron chi connectivity index (χ4n) is 1.42. The van der Waals surface area contributed by atoms with E-state index in [2.05, 4.69) is 5.32 Å². The summed E-state index contributed by atoms with van der Waals surface area (Å²) in [6, 6.07) is 6.87. The van der Waals surface area contributed by atoms with Gasteiger partial charge in [-0.25, -0.2) is 0 Å². The molecule has 6 heteroatoms. The van der Waals surface area contributed by atoms with Crippen LogP contribution in [0.25, 0.3) is 0 Å². The van der Waals surface area contributed by atoms with Crippen LogP contribution in [0, 0.1) is 0 Å². The summed E-state index contributed by atoms with van der Waals surface area (Å²) < 4.78 is 0. The Morgan fingerprint density at radius 3 is 2.44 bits per heavy atom. The van der Waals surface area contributed by atoms with Crippen molar-refractivity contribution in [1.82, 2.24) is 0 Å². The first-order chi connectivity index (χ1) is 8.56. The molecular formula is C12H8Cl3NOS. The minimum absolute atomic E-state index is 0.163. The molecule has 1 amide bonds. The molecule has 0 unspecified atom stereocenters. The van der Waals surface area contributed by atoms with Gasteiger partial charge in [0.25, 0.3) is 0 Å². The molecule has 1 heterocycles. The number of hydrogen-bond donors (Lipinski definition) is 1. The summed E-state index contributed by atoms with van der Waals surface area (Å²) in [5, 5.41) is 5.69. The minimum atomic E-state index is -0.163. The molecule has 1 aromatic carbocycles. The Kier molecular flexibility index (Phi) is 4.51. The maximum atomic E-state index is 11.8. The third-order valence-electron chi connectivity index (χ3n) is 2.19. The Bertz CT molecular complexity index is 546. The van der Waals surface area contributed by atoms with E-state index in [-0.39, 0.29) is 5.91 Å². The standard InChI is InChI=1S/C12H8Cl3NOS/c13-7-4-9(14)12(10(15)5-7)16-11(17)6-8-2-1-3-18-8/h1-5H,6H2,(H,16,17). The Hall–Kier alpha value is -0.740. The van der Waals surface area contributed by atoms with Crippen LogP contribution in [0.5, 0.6) is 0 Å². The second-order valence-electron chi connectivity index (χ2n) is 3.55. The predicted molar refractivity (Wildman–Crippen MR) is 78.1 cm³/mol. The number of anilines is 1.